The Hall–Kier alpha value is -2.32. The summed E-state index contributed by atoms with van der Waals surface area (Å²) in [4.78, 5) is 46.9. The van der Waals surface area contributed by atoms with Gasteiger partial charge in [-0.1, -0.05) is 0 Å². The third-order valence-corrected chi connectivity index (χ3v) is 3.22. The molecule has 0 aromatic rings. The summed E-state index contributed by atoms with van der Waals surface area (Å²) in [6, 6.07) is -2.53. The second-order valence-electron chi connectivity index (χ2n) is 4.62. The molecule has 9 nitrogen and oxygen atoms in total. The molecule has 0 aliphatic carbocycles. The number of ether oxygens (including phenoxy) is 1. The van der Waals surface area contributed by atoms with Crippen molar-refractivity contribution in [2.45, 2.75) is 31.8 Å². The lowest BCUT2D eigenvalue weighted by atomic mass is 10.1. The minimum atomic E-state index is -1.25. The van der Waals surface area contributed by atoms with Gasteiger partial charge < -0.3 is 25.4 Å². The molecule has 1 fully saturated rings. The molecule has 0 aromatic carbocycles. The van der Waals surface area contributed by atoms with Crippen molar-refractivity contribution in [1.29, 1.82) is 0 Å². The van der Waals surface area contributed by atoms with Crippen LogP contribution in [0.15, 0.2) is 0 Å². The maximum Gasteiger partial charge on any atom is 0.326 e. The van der Waals surface area contributed by atoms with E-state index in [0.29, 0.717) is 13.1 Å². The second kappa shape index (κ2) is 7.46. The van der Waals surface area contributed by atoms with E-state index in [4.69, 9.17) is 5.11 Å². The smallest absolute Gasteiger partial charge is 0.326 e. The number of amides is 3. The van der Waals surface area contributed by atoms with Gasteiger partial charge in [-0.25, -0.2) is 9.59 Å². The van der Waals surface area contributed by atoms with Crippen molar-refractivity contribution in [3.05, 3.63) is 0 Å². The lowest BCUT2D eigenvalue weighted by Crippen LogP contribution is -2.59. The Kier molecular flexibility index (Phi) is 5.94. The first-order chi connectivity index (χ1) is 9.86. The normalized spacial score (nSPS) is 19.4. The molecule has 3 amide bonds. The minimum Gasteiger partial charge on any atom is -0.480 e. The topological polar surface area (TPSA) is 125 Å². The fraction of sp³-hybridized carbons (Fsp3) is 0.667. The lowest BCUT2D eigenvalue weighted by molar-refractivity contribution is -0.142. The van der Waals surface area contributed by atoms with E-state index in [1.54, 1.807) is 6.92 Å². The summed E-state index contributed by atoms with van der Waals surface area (Å²) in [5, 5.41) is 14.0. The van der Waals surface area contributed by atoms with Gasteiger partial charge in [-0.3, -0.25) is 9.59 Å². The third-order valence-electron chi connectivity index (χ3n) is 3.22. The van der Waals surface area contributed by atoms with Gasteiger partial charge >= 0.3 is 18.0 Å². The van der Waals surface area contributed by atoms with Crippen LogP contribution in [0.1, 0.15) is 19.8 Å². The maximum absolute atomic E-state index is 12.0. The van der Waals surface area contributed by atoms with Crippen LogP contribution in [0.25, 0.3) is 0 Å². The molecule has 3 N–H and O–H groups in total. The van der Waals surface area contributed by atoms with Crippen molar-refractivity contribution in [3.63, 3.8) is 0 Å². The molecule has 1 heterocycles. The van der Waals surface area contributed by atoms with Crippen molar-refractivity contribution in [2.75, 3.05) is 20.2 Å². The lowest BCUT2D eigenvalue weighted by Gasteiger charge is -2.33. The molecule has 0 spiro atoms. The number of urea groups is 1. The molecule has 0 saturated carbocycles. The molecule has 21 heavy (non-hydrogen) atoms. The Balaban J connectivity index is 2.61. The number of nitrogens with one attached hydrogen (secondary N) is 2. The van der Waals surface area contributed by atoms with Crippen molar-refractivity contribution >= 4 is 23.9 Å². The number of piperazine rings is 1. The molecule has 1 aliphatic heterocycles. The van der Waals surface area contributed by atoms with Gasteiger partial charge in [-0.2, -0.15) is 0 Å². The summed E-state index contributed by atoms with van der Waals surface area (Å²) >= 11 is 0. The minimum absolute atomic E-state index is 0.0812. The number of carboxylic acids is 1. The number of rotatable bonds is 5. The van der Waals surface area contributed by atoms with Gasteiger partial charge in [0.1, 0.15) is 12.1 Å². The molecule has 0 bridgehead atoms. The van der Waals surface area contributed by atoms with Crippen LogP contribution in [-0.2, 0) is 19.1 Å². The van der Waals surface area contributed by atoms with E-state index >= 15 is 0 Å². The molecule has 9 heteroatoms. The number of esters is 1. The predicted molar refractivity (Wildman–Crippen MR) is 70.4 cm³/mol. The zero-order valence-corrected chi connectivity index (χ0v) is 11.9. The summed E-state index contributed by atoms with van der Waals surface area (Å²) < 4.78 is 4.42. The molecule has 2 atom stereocenters. The number of carbonyl (C=O) groups excluding carboxylic acids is 3. The van der Waals surface area contributed by atoms with E-state index in [1.807, 2.05) is 0 Å². The monoisotopic (exact) mass is 301 g/mol. The van der Waals surface area contributed by atoms with Crippen molar-refractivity contribution in [1.82, 2.24) is 15.5 Å². The second-order valence-corrected chi connectivity index (χ2v) is 4.62. The third kappa shape index (κ3) is 4.62. The fourth-order valence-corrected chi connectivity index (χ4v) is 1.91. The Morgan fingerprint density at radius 3 is 2.76 bits per heavy atom. The van der Waals surface area contributed by atoms with Crippen molar-refractivity contribution in [2.24, 2.45) is 0 Å². The molecular formula is C12H19N3O6. The quantitative estimate of drug-likeness (QED) is 0.555. The Bertz CT molecular complexity index is 439. The largest absolute Gasteiger partial charge is 0.480 e. The Morgan fingerprint density at radius 2 is 2.19 bits per heavy atom. The molecule has 118 valence electrons. The van der Waals surface area contributed by atoms with Crippen LogP contribution in [0.5, 0.6) is 0 Å². The standard InChI is InChI=1S/C12H19N3O6/c1-7-10(17)13-5-6-15(7)12(20)14-8(11(18)19)3-4-9(16)21-2/h7-8H,3-6H2,1-2H3,(H,13,17)(H,14,20)(H,18,19)/t7?,8-/m1/s1. The molecule has 1 saturated heterocycles. The number of aliphatic carboxylic acids is 1. The number of hydrogen-bond acceptors (Lipinski definition) is 5. The van der Waals surface area contributed by atoms with Crippen LogP contribution in [0.4, 0.5) is 4.79 Å². The highest BCUT2D eigenvalue weighted by atomic mass is 16.5. The van der Waals surface area contributed by atoms with Gasteiger partial charge in [-0.15, -0.1) is 0 Å². The van der Waals surface area contributed by atoms with E-state index in [9.17, 15) is 19.2 Å². The zero-order chi connectivity index (χ0) is 16.0. The van der Waals surface area contributed by atoms with Crippen LogP contribution < -0.4 is 10.6 Å². The van der Waals surface area contributed by atoms with Gasteiger partial charge in [0.25, 0.3) is 0 Å². The first-order valence-electron chi connectivity index (χ1n) is 6.51. The Labute approximate surface area is 121 Å². The fourth-order valence-electron chi connectivity index (χ4n) is 1.91. The molecular weight excluding hydrogens is 282 g/mol. The number of carboxylic acid groups (broad SMARTS) is 1. The molecule has 1 rings (SSSR count). The number of carbonyl (C=O) groups is 4. The van der Waals surface area contributed by atoms with Crippen LogP contribution >= 0.6 is 0 Å². The highest BCUT2D eigenvalue weighted by molar-refractivity contribution is 5.89. The predicted octanol–water partition coefficient (Wildman–Crippen LogP) is -1.08. The average Bonchev–Trinajstić information content (AvgIpc) is 2.45. The molecule has 1 unspecified atom stereocenters. The van der Waals surface area contributed by atoms with Gasteiger partial charge in [0, 0.05) is 19.5 Å². The van der Waals surface area contributed by atoms with Gasteiger partial charge in [-0.05, 0) is 13.3 Å². The zero-order valence-electron chi connectivity index (χ0n) is 11.9. The van der Waals surface area contributed by atoms with Crippen LogP contribution in [-0.4, -0.2) is 66.2 Å². The number of methoxy groups -OCH3 is 1. The van der Waals surface area contributed by atoms with Crippen LogP contribution in [0.3, 0.4) is 0 Å². The van der Waals surface area contributed by atoms with Gasteiger partial charge in [0.15, 0.2) is 0 Å². The van der Waals surface area contributed by atoms with Crippen LogP contribution in [0.2, 0.25) is 0 Å². The van der Waals surface area contributed by atoms with Gasteiger partial charge in [0.05, 0.1) is 7.11 Å². The highest BCUT2D eigenvalue weighted by Crippen LogP contribution is 2.06. The first-order valence-corrected chi connectivity index (χ1v) is 6.51. The van der Waals surface area contributed by atoms with Crippen molar-refractivity contribution < 1.29 is 29.0 Å². The summed E-state index contributed by atoms with van der Waals surface area (Å²) in [6.07, 6.45) is -0.202. The van der Waals surface area contributed by atoms with Crippen molar-refractivity contribution in [3.8, 4) is 0 Å². The molecule has 1 aliphatic rings. The summed E-state index contributed by atoms with van der Waals surface area (Å²) in [5.41, 5.74) is 0. The van der Waals surface area contributed by atoms with E-state index in [2.05, 4.69) is 15.4 Å². The first kappa shape index (κ1) is 16.7. The highest BCUT2D eigenvalue weighted by Gasteiger charge is 2.31. The summed E-state index contributed by atoms with van der Waals surface area (Å²) in [6.45, 7) is 2.16. The van der Waals surface area contributed by atoms with E-state index < -0.39 is 30.1 Å². The van der Waals surface area contributed by atoms with E-state index in [0.717, 1.165) is 0 Å². The number of nitrogens with zero attached hydrogens (tertiary/aromatic N) is 1. The molecule has 0 aromatic heterocycles. The SMILES string of the molecule is COC(=O)CC[C@@H](NC(=O)N1CCNC(=O)C1C)C(=O)O. The Morgan fingerprint density at radius 1 is 1.52 bits per heavy atom. The van der Waals surface area contributed by atoms with E-state index in [-0.39, 0.29) is 18.7 Å². The van der Waals surface area contributed by atoms with E-state index in [1.165, 1.54) is 12.0 Å². The van der Waals surface area contributed by atoms with Gasteiger partial charge in [0.2, 0.25) is 5.91 Å². The molecule has 0 radical (unpaired) electrons. The maximum atomic E-state index is 12.0. The average molecular weight is 301 g/mol. The number of hydrogen-bond donors (Lipinski definition) is 3. The van der Waals surface area contributed by atoms with Crippen LogP contribution in [0, 0.1) is 0 Å². The summed E-state index contributed by atoms with van der Waals surface area (Å²) in [7, 11) is 1.20. The summed E-state index contributed by atoms with van der Waals surface area (Å²) in [5.74, 6) is -2.10.